The van der Waals surface area contributed by atoms with Crippen molar-refractivity contribution in [3.8, 4) is 0 Å². The Bertz CT molecular complexity index is 823. The lowest BCUT2D eigenvalue weighted by atomic mass is 10.1. The summed E-state index contributed by atoms with van der Waals surface area (Å²) in [4.78, 5) is 16.3. The Labute approximate surface area is 157 Å². The Morgan fingerprint density at radius 3 is 2.88 bits per heavy atom. The molecule has 3 rings (SSSR count). The van der Waals surface area contributed by atoms with E-state index in [4.69, 9.17) is 0 Å². The number of benzene rings is 1. The van der Waals surface area contributed by atoms with Crippen LogP contribution in [0, 0.1) is 0 Å². The number of pyridine rings is 1. The molecule has 0 fully saturated rings. The van der Waals surface area contributed by atoms with Gasteiger partial charge in [-0.25, -0.2) is 4.98 Å². The summed E-state index contributed by atoms with van der Waals surface area (Å²) >= 11 is 4.75. The summed E-state index contributed by atoms with van der Waals surface area (Å²) < 4.78 is 1.10. The predicted molar refractivity (Wildman–Crippen MR) is 103 cm³/mol. The van der Waals surface area contributed by atoms with E-state index in [1.165, 1.54) is 16.9 Å². The van der Waals surface area contributed by atoms with Gasteiger partial charge in [0.2, 0.25) is 5.13 Å². The van der Waals surface area contributed by atoms with E-state index >= 15 is 0 Å². The maximum absolute atomic E-state index is 12.0. The van der Waals surface area contributed by atoms with Crippen molar-refractivity contribution < 1.29 is 4.79 Å². The molecule has 25 heavy (non-hydrogen) atoms. The summed E-state index contributed by atoms with van der Waals surface area (Å²) in [6, 6.07) is 11.8. The highest BCUT2D eigenvalue weighted by molar-refractivity contribution is 9.10. The minimum atomic E-state index is -0.245. The molecule has 0 unspecified atom stereocenters. The molecule has 0 spiro atoms. The Balaban J connectivity index is 1.45. The van der Waals surface area contributed by atoms with Gasteiger partial charge in [-0.05, 0) is 42.7 Å². The molecule has 0 aliphatic heterocycles. The zero-order valence-electron chi connectivity index (χ0n) is 13.3. The number of hydrogen-bond donors (Lipinski definition) is 2. The number of amides is 1. The zero-order valence-corrected chi connectivity index (χ0v) is 15.7. The highest BCUT2D eigenvalue weighted by atomic mass is 79.9. The van der Waals surface area contributed by atoms with Crippen molar-refractivity contribution in [1.29, 1.82) is 0 Å². The van der Waals surface area contributed by atoms with E-state index in [0.29, 0.717) is 10.7 Å². The molecule has 8 heteroatoms. The SMILES string of the molecule is O=C(Nc1nncs1)c1ccc(NCCCc2cccc(Br)c2)nc1. The second-order valence-corrected chi connectivity index (χ2v) is 7.04. The van der Waals surface area contributed by atoms with Crippen molar-refractivity contribution in [2.75, 3.05) is 17.2 Å². The van der Waals surface area contributed by atoms with Crippen molar-refractivity contribution in [2.24, 2.45) is 0 Å². The molecule has 0 saturated carbocycles. The predicted octanol–water partition coefficient (Wildman–Crippen LogP) is 3.99. The first-order valence-corrected chi connectivity index (χ1v) is 9.40. The summed E-state index contributed by atoms with van der Waals surface area (Å²) in [7, 11) is 0. The van der Waals surface area contributed by atoms with Crippen molar-refractivity contribution in [2.45, 2.75) is 12.8 Å². The van der Waals surface area contributed by atoms with Crippen LogP contribution in [0.15, 0.2) is 52.6 Å². The highest BCUT2D eigenvalue weighted by Crippen LogP contribution is 2.14. The van der Waals surface area contributed by atoms with Crippen LogP contribution >= 0.6 is 27.3 Å². The van der Waals surface area contributed by atoms with Crippen LogP contribution in [0.3, 0.4) is 0 Å². The van der Waals surface area contributed by atoms with Crippen LogP contribution in [-0.4, -0.2) is 27.6 Å². The maximum Gasteiger partial charge on any atom is 0.259 e. The molecular formula is C17H16BrN5OS. The third-order valence-electron chi connectivity index (χ3n) is 3.44. The normalized spacial score (nSPS) is 10.4. The van der Waals surface area contributed by atoms with Crippen LogP contribution in [0.5, 0.6) is 0 Å². The Morgan fingerprint density at radius 1 is 1.24 bits per heavy atom. The van der Waals surface area contributed by atoms with E-state index in [9.17, 15) is 4.79 Å². The van der Waals surface area contributed by atoms with Crippen LogP contribution in [0.25, 0.3) is 0 Å². The molecule has 3 aromatic rings. The third-order valence-corrected chi connectivity index (χ3v) is 4.54. The molecule has 2 N–H and O–H groups in total. The van der Waals surface area contributed by atoms with E-state index in [2.05, 4.69) is 53.9 Å². The zero-order chi connectivity index (χ0) is 17.5. The number of nitrogens with zero attached hydrogens (tertiary/aromatic N) is 3. The number of anilines is 2. The lowest BCUT2D eigenvalue weighted by Crippen LogP contribution is -2.12. The molecular weight excluding hydrogens is 402 g/mol. The number of aryl methyl sites for hydroxylation is 1. The van der Waals surface area contributed by atoms with Crippen LogP contribution in [0.1, 0.15) is 22.3 Å². The van der Waals surface area contributed by atoms with Gasteiger partial charge in [0.1, 0.15) is 11.3 Å². The van der Waals surface area contributed by atoms with Crippen LogP contribution in [0.2, 0.25) is 0 Å². The molecule has 6 nitrogen and oxygen atoms in total. The lowest BCUT2D eigenvalue weighted by molar-refractivity contribution is 0.102. The molecule has 1 aromatic carbocycles. The maximum atomic E-state index is 12.0. The standard InChI is InChI=1S/C17H16BrN5OS/c18-14-5-1-3-12(9-14)4-2-8-19-15-7-6-13(10-20-15)16(24)22-17-23-21-11-25-17/h1,3,5-7,9-11H,2,4,8H2,(H,19,20)(H,22,23,24). The number of halogens is 1. The minimum absolute atomic E-state index is 0.245. The second-order valence-electron chi connectivity index (χ2n) is 5.29. The number of rotatable bonds is 7. The summed E-state index contributed by atoms with van der Waals surface area (Å²) in [5, 5.41) is 13.9. The van der Waals surface area contributed by atoms with Crippen LogP contribution in [-0.2, 0) is 6.42 Å². The lowest BCUT2D eigenvalue weighted by Gasteiger charge is -2.07. The topological polar surface area (TPSA) is 79.8 Å². The minimum Gasteiger partial charge on any atom is -0.370 e. The van der Waals surface area contributed by atoms with E-state index in [-0.39, 0.29) is 5.91 Å². The van der Waals surface area contributed by atoms with Crippen molar-refractivity contribution in [3.63, 3.8) is 0 Å². The fraction of sp³-hybridized carbons (Fsp3) is 0.176. The van der Waals surface area contributed by atoms with Gasteiger partial charge in [-0.1, -0.05) is 39.4 Å². The highest BCUT2D eigenvalue weighted by Gasteiger charge is 2.08. The van der Waals surface area contributed by atoms with Gasteiger partial charge in [0, 0.05) is 17.2 Å². The number of carbonyl (C=O) groups excluding carboxylic acids is 1. The number of nitrogens with one attached hydrogen (secondary N) is 2. The fourth-order valence-corrected chi connectivity index (χ4v) is 3.12. The molecule has 0 bridgehead atoms. The van der Waals surface area contributed by atoms with Gasteiger partial charge >= 0.3 is 0 Å². The largest absolute Gasteiger partial charge is 0.370 e. The molecule has 2 aromatic heterocycles. The van der Waals surface area contributed by atoms with Crippen LogP contribution in [0.4, 0.5) is 10.9 Å². The van der Waals surface area contributed by atoms with Crippen molar-refractivity contribution in [3.05, 3.63) is 63.7 Å². The van der Waals surface area contributed by atoms with E-state index in [1.807, 2.05) is 12.1 Å². The first-order valence-electron chi connectivity index (χ1n) is 7.72. The van der Waals surface area contributed by atoms with Gasteiger partial charge in [-0.15, -0.1) is 10.2 Å². The molecule has 0 radical (unpaired) electrons. The molecule has 0 saturated heterocycles. The van der Waals surface area contributed by atoms with E-state index in [1.54, 1.807) is 23.8 Å². The van der Waals surface area contributed by atoms with Gasteiger partial charge in [0.25, 0.3) is 5.91 Å². The van der Waals surface area contributed by atoms with Crippen molar-refractivity contribution in [1.82, 2.24) is 15.2 Å². The Hall–Kier alpha value is -2.32. The number of aromatic nitrogens is 3. The summed E-state index contributed by atoms with van der Waals surface area (Å²) in [6.07, 6.45) is 3.54. The van der Waals surface area contributed by atoms with E-state index in [0.717, 1.165) is 29.7 Å². The third kappa shape index (κ3) is 5.33. The summed E-state index contributed by atoms with van der Waals surface area (Å²) in [5.74, 6) is 0.507. The van der Waals surface area contributed by atoms with Gasteiger partial charge in [0.15, 0.2) is 0 Å². The first-order chi connectivity index (χ1) is 12.2. The van der Waals surface area contributed by atoms with Gasteiger partial charge < -0.3 is 5.32 Å². The average molecular weight is 418 g/mol. The van der Waals surface area contributed by atoms with Gasteiger partial charge in [-0.2, -0.15) is 0 Å². The molecule has 2 heterocycles. The molecule has 128 valence electrons. The molecule has 0 aliphatic carbocycles. The Kier molecular flexibility index (Phi) is 6.08. The second kappa shape index (κ2) is 8.68. The monoisotopic (exact) mass is 417 g/mol. The van der Waals surface area contributed by atoms with Crippen molar-refractivity contribution >= 4 is 44.1 Å². The smallest absolute Gasteiger partial charge is 0.259 e. The first kappa shape index (κ1) is 17.5. The average Bonchev–Trinajstić information content (AvgIpc) is 3.12. The van der Waals surface area contributed by atoms with Crippen LogP contribution < -0.4 is 10.6 Å². The molecule has 0 atom stereocenters. The fourth-order valence-electron chi connectivity index (χ4n) is 2.23. The number of carbonyl (C=O) groups is 1. The van der Waals surface area contributed by atoms with Gasteiger partial charge in [0.05, 0.1) is 5.56 Å². The van der Waals surface area contributed by atoms with E-state index < -0.39 is 0 Å². The summed E-state index contributed by atoms with van der Waals surface area (Å²) in [6.45, 7) is 0.815. The molecule has 1 amide bonds. The summed E-state index contributed by atoms with van der Waals surface area (Å²) in [5.41, 5.74) is 3.34. The van der Waals surface area contributed by atoms with Gasteiger partial charge in [-0.3, -0.25) is 10.1 Å². The molecule has 0 aliphatic rings. The Morgan fingerprint density at radius 2 is 2.16 bits per heavy atom. The number of hydrogen-bond acceptors (Lipinski definition) is 6. The quantitative estimate of drug-likeness (QED) is 0.568.